The largest absolute Gasteiger partial charge is 0.476 e. The average molecular weight is 291 g/mol. The molecule has 1 aromatic rings. The number of thiazole rings is 1. The Bertz CT molecular complexity index is 534. The number of aromatic nitrogens is 1. The number of hydrogen-bond donors (Lipinski definition) is 2. The Labute approximate surface area is 109 Å². The lowest BCUT2D eigenvalue weighted by Crippen LogP contribution is -2.39. The molecule has 0 amide bonds. The molecule has 0 bridgehead atoms. The van der Waals surface area contributed by atoms with Crippen LogP contribution in [0.25, 0.3) is 0 Å². The van der Waals surface area contributed by atoms with Crippen LogP contribution < -0.4 is 4.72 Å². The highest BCUT2D eigenvalue weighted by Crippen LogP contribution is 2.20. The van der Waals surface area contributed by atoms with Gasteiger partial charge in [-0.15, -0.1) is 11.3 Å². The topological polar surface area (TPSA) is 99.6 Å². The van der Waals surface area contributed by atoms with Crippen LogP contribution in [-0.4, -0.2) is 41.9 Å². The van der Waals surface area contributed by atoms with Crippen molar-refractivity contribution < 1.29 is 18.3 Å². The number of nitrogens with zero attached hydrogens (tertiary/aromatic N) is 2. The van der Waals surface area contributed by atoms with Crippen molar-refractivity contribution in [1.82, 2.24) is 9.29 Å². The molecular weight excluding hydrogens is 278 g/mol. The van der Waals surface area contributed by atoms with E-state index in [4.69, 9.17) is 5.11 Å². The van der Waals surface area contributed by atoms with E-state index in [1.165, 1.54) is 9.69 Å². The first-order valence-corrected chi connectivity index (χ1v) is 7.78. The smallest absolute Gasteiger partial charge is 0.355 e. The second-order valence-corrected chi connectivity index (χ2v) is 6.44. The van der Waals surface area contributed by atoms with Crippen molar-refractivity contribution in [3.8, 4) is 0 Å². The van der Waals surface area contributed by atoms with E-state index in [0.29, 0.717) is 13.1 Å². The normalized spacial score (nSPS) is 17.6. The standard InChI is InChI=1S/C9H13N3O4S2/c13-8(14)7-6-17-9(10-7)11-18(15,16)12-4-2-1-3-5-12/h6H,1-5H2,(H,10,11)(H,13,14). The molecule has 100 valence electrons. The van der Waals surface area contributed by atoms with Gasteiger partial charge in [-0.3, -0.25) is 0 Å². The average Bonchev–Trinajstić information content (AvgIpc) is 2.78. The van der Waals surface area contributed by atoms with E-state index in [9.17, 15) is 13.2 Å². The first-order chi connectivity index (χ1) is 8.49. The highest BCUT2D eigenvalue weighted by molar-refractivity contribution is 7.90. The SMILES string of the molecule is O=C(O)c1csc(NS(=O)(=O)N2CCCCC2)n1. The van der Waals surface area contributed by atoms with Gasteiger partial charge in [-0.25, -0.2) is 14.5 Å². The van der Waals surface area contributed by atoms with Gasteiger partial charge in [0.15, 0.2) is 10.8 Å². The molecule has 0 aliphatic carbocycles. The van der Waals surface area contributed by atoms with Crippen LogP contribution >= 0.6 is 11.3 Å². The molecule has 1 aromatic heterocycles. The van der Waals surface area contributed by atoms with Gasteiger partial charge in [-0.1, -0.05) is 6.42 Å². The minimum absolute atomic E-state index is 0.0815. The molecule has 2 heterocycles. The van der Waals surface area contributed by atoms with Crippen LogP contribution in [0.3, 0.4) is 0 Å². The molecule has 1 fully saturated rings. The van der Waals surface area contributed by atoms with Crippen molar-refractivity contribution in [3.05, 3.63) is 11.1 Å². The molecule has 2 rings (SSSR count). The fourth-order valence-corrected chi connectivity index (χ4v) is 3.87. The molecule has 1 aliphatic rings. The first kappa shape index (κ1) is 13.2. The monoisotopic (exact) mass is 291 g/mol. The van der Waals surface area contributed by atoms with Crippen LogP contribution in [0.2, 0.25) is 0 Å². The second kappa shape index (κ2) is 5.21. The molecule has 7 nitrogen and oxygen atoms in total. The summed E-state index contributed by atoms with van der Waals surface area (Å²) < 4.78 is 27.6. The Morgan fingerprint density at radius 3 is 2.61 bits per heavy atom. The van der Waals surface area contributed by atoms with Gasteiger partial charge in [0.1, 0.15) is 0 Å². The van der Waals surface area contributed by atoms with Crippen LogP contribution in [0.15, 0.2) is 5.38 Å². The molecule has 0 atom stereocenters. The number of aromatic carboxylic acids is 1. The van der Waals surface area contributed by atoms with E-state index in [1.54, 1.807) is 0 Å². The van der Waals surface area contributed by atoms with Crippen molar-refractivity contribution in [1.29, 1.82) is 0 Å². The van der Waals surface area contributed by atoms with Gasteiger partial charge >= 0.3 is 16.2 Å². The molecule has 2 N–H and O–H groups in total. The summed E-state index contributed by atoms with van der Waals surface area (Å²) in [6.45, 7) is 0.985. The van der Waals surface area contributed by atoms with Crippen LogP contribution in [-0.2, 0) is 10.2 Å². The highest BCUT2D eigenvalue weighted by atomic mass is 32.2. The molecule has 1 aliphatic heterocycles. The highest BCUT2D eigenvalue weighted by Gasteiger charge is 2.25. The van der Waals surface area contributed by atoms with Gasteiger partial charge in [0, 0.05) is 18.5 Å². The molecular formula is C9H13N3O4S2. The third-order valence-electron chi connectivity index (χ3n) is 2.59. The maximum Gasteiger partial charge on any atom is 0.355 e. The van der Waals surface area contributed by atoms with Gasteiger partial charge < -0.3 is 5.11 Å². The van der Waals surface area contributed by atoms with E-state index in [-0.39, 0.29) is 10.8 Å². The summed E-state index contributed by atoms with van der Waals surface area (Å²) in [4.78, 5) is 14.3. The van der Waals surface area contributed by atoms with Gasteiger partial charge in [-0.05, 0) is 12.8 Å². The third-order valence-corrected chi connectivity index (χ3v) is 4.98. The molecule has 0 aromatic carbocycles. The maximum absolute atomic E-state index is 12.0. The van der Waals surface area contributed by atoms with E-state index in [2.05, 4.69) is 9.71 Å². The Balaban J connectivity index is 2.08. The zero-order valence-corrected chi connectivity index (χ0v) is 11.1. The summed E-state index contributed by atoms with van der Waals surface area (Å²) in [6, 6.07) is 0. The number of piperidine rings is 1. The van der Waals surface area contributed by atoms with E-state index in [0.717, 1.165) is 30.6 Å². The Morgan fingerprint density at radius 1 is 1.39 bits per heavy atom. The predicted octanol–water partition coefficient (Wildman–Crippen LogP) is 0.984. The molecule has 0 spiro atoms. The van der Waals surface area contributed by atoms with Crippen LogP contribution in [0.1, 0.15) is 29.8 Å². The van der Waals surface area contributed by atoms with Gasteiger partial charge in [0.2, 0.25) is 0 Å². The molecule has 0 saturated carbocycles. The predicted molar refractivity (Wildman–Crippen MR) is 67.0 cm³/mol. The summed E-state index contributed by atoms with van der Waals surface area (Å²) in [6.07, 6.45) is 2.73. The number of carbonyl (C=O) groups is 1. The van der Waals surface area contributed by atoms with Crippen LogP contribution in [0.5, 0.6) is 0 Å². The van der Waals surface area contributed by atoms with Crippen LogP contribution in [0.4, 0.5) is 5.13 Å². The number of carboxylic acid groups (broad SMARTS) is 1. The second-order valence-electron chi connectivity index (χ2n) is 3.91. The van der Waals surface area contributed by atoms with Crippen molar-refractivity contribution >= 4 is 32.6 Å². The minimum atomic E-state index is -3.61. The number of nitrogens with one attached hydrogen (secondary N) is 1. The minimum Gasteiger partial charge on any atom is -0.476 e. The van der Waals surface area contributed by atoms with Gasteiger partial charge in [0.25, 0.3) is 0 Å². The van der Waals surface area contributed by atoms with Crippen molar-refractivity contribution in [2.75, 3.05) is 17.8 Å². The zero-order valence-electron chi connectivity index (χ0n) is 9.50. The maximum atomic E-state index is 12.0. The van der Waals surface area contributed by atoms with E-state index >= 15 is 0 Å². The molecule has 9 heteroatoms. The number of anilines is 1. The lowest BCUT2D eigenvalue weighted by Gasteiger charge is -2.25. The summed E-state index contributed by atoms with van der Waals surface area (Å²) in [5, 5.41) is 10.1. The fraction of sp³-hybridized carbons (Fsp3) is 0.556. The van der Waals surface area contributed by atoms with Gasteiger partial charge in [-0.2, -0.15) is 12.7 Å². The summed E-state index contributed by atoms with van der Waals surface area (Å²) in [5.41, 5.74) is -0.156. The first-order valence-electron chi connectivity index (χ1n) is 5.46. The quantitative estimate of drug-likeness (QED) is 0.861. The summed E-state index contributed by atoms with van der Waals surface area (Å²) >= 11 is 0.960. The number of hydrogen-bond acceptors (Lipinski definition) is 5. The third kappa shape index (κ3) is 2.98. The van der Waals surface area contributed by atoms with Crippen molar-refractivity contribution in [3.63, 3.8) is 0 Å². The Kier molecular flexibility index (Phi) is 3.83. The molecule has 0 radical (unpaired) electrons. The van der Waals surface area contributed by atoms with E-state index in [1.807, 2.05) is 0 Å². The number of rotatable bonds is 4. The van der Waals surface area contributed by atoms with Crippen LogP contribution in [0, 0.1) is 0 Å². The Hall–Kier alpha value is -1.19. The van der Waals surface area contributed by atoms with Crippen molar-refractivity contribution in [2.24, 2.45) is 0 Å². The summed E-state index contributed by atoms with van der Waals surface area (Å²) in [7, 11) is -3.61. The lowest BCUT2D eigenvalue weighted by molar-refractivity contribution is 0.0691. The van der Waals surface area contributed by atoms with E-state index < -0.39 is 16.2 Å². The molecule has 1 saturated heterocycles. The Morgan fingerprint density at radius 2 is 2.06 bits per heavy atom. The van der Waals surface area contributed by atoms with Crippen molar-refractivity contribution in [2.45, 2.75) is 19.3 Å². The summed E-state index contributed by atoms with van der Waals surface area (Å²) in [5.74, 6) is -1.17. The zero-order chi connectivity index (χ0) is 13.2. The lowest BCUT2D eigenvalue weighted by atomic mass is 10.2. The van der Waals surface area contributed by atoms with Gasteiger partial charge in [0.05, 0.1) is 0 Å². The molecule has 18 heavy (non-hydrogen) atoms. The fourth-order valence-electron chi connectivity index (χ4n) is 1.70. The number of carboxylic acids is 1. The molecule has 0 unspecified atom stereocenters.